The molecule has 38 heavy (non-hydrogen) atoms. The van der Waals surface area contributed by atoms with E-state index in [0.29, 0.717) is 22.8 Å². The highest BCUT2D eigenvalue weighted by atomic mass is 35.5. The van der Waals surface area contributed by atoms with Gasteiger partial charge in [-0.15, -0.1) is 0 Å². The molecular formula is C27H34ClN7O3. The zero-order valence-corrected chi connectivity index (χ0v) is 22.6. The molecule has 0 atom stereocenters. The van der Waals surface area contributed by atoms with Crippen molar-refractivity contribution >= 4 is 45.9 Å². The standard InChI is InChI=1S/C27H34ClN7O3/c1-29-24(36)17-38-23-15-18-14-19(6-7-22(18)33(2)26(23)37)31-25-21(28)16-30-27(32-25)35-12-8-20(9-13-35)34-10-4-3-5-11-34/h6-7,14-16,20H,3-5,8-13,17H2,1-2H3,(H,29,36)(H,30,31,32). The number of nitrogens with one attached hydrogen (secondary N) is 2. The second-order valence-corrected chi connectivity index (χ2v) is 10.3. The average molecular weight is 540 g/mol. The van der Waals surface area contributed by atoms with Crippen LogP contribution < -0.4 is 25.8 Å². The van der Waals surface area contributed by atoms with Gasteiger partial charge in [0, 0.05) is 44.3 Å². The molecular weight excluding hydrogens is 506 g/mol. The van der Waals surface area contributed by atoms with Gasteiger partial charge in [0.25, 0.3) is 11.5 Å². The minimum Gasteiger partial charge on any atom is -0.478 e. The molecule has 2 fully saturated rings. The average Bonchev–Trinajstić information content (AvgIpc) is 2.95. The fourth-order valence-electron chi connectivity index (χ4n) is 5.30. The van der Waals surface area contributed by atoms with Crippen LogP contribution in [0.4, 0.5) is 17.5 Å². The lowest BCUT2D eigenvalue weighted by Crippen LogP contribution is -2.47. The first-order valence-electron chi connectivity index (χ1n) is 13.2. The van der Waals surface area contributed by atoms with Crippen molar-refractivity contribution in [2.24, 2.45) is 7.05 Å². The summed E-state index contributed by atoms with van der Waals surface area (Å²) in [6, 6.07) is 7.91. The maximum atomic E-state index is 12.7. The lowest BCUT2D eigenvalue weighted by Gasteiger charge is -2.40. The Balaban J connectivity index is 1.32. The third-order valence-corrected chi connectivity index (χ3v) is 7.75. The van der Waals surface area contributed by atoms with Crippen molar-refractivity contribution < 1.29 is 9.53 Å². The number of aryl methyl sites for hydroxylation is 1. The summed E-state index contributed by atoms with van der Waals surface area (Å²) in [6.45, 7) is 4.05. The molecule has 2 aliphatic rings. The summed E-state index contributed by atoms with van der Waals surface area (Å²) >= 11 is 6.47. The molecule has 0 radical (unpaired) electrons. The summed E-state index contributed by atoms with van der Waals surface area (Å²) in [7, 11) is 3.19. The Hall–Kier alpha value is -3.37. The van der Waals surface area contributed by atoms with Gasteiger partial charge in [-0.05, 0) is 63.0 Å². The fraction of sp³-hybridized carbons (Fsp3) is 0.481. The van der Waals surface area contributed by atoms with Crippen molar-refractivity contribution in [2.75, 3.05) is 50.1 Å². The Morgan fingerprint density at radius 3 is 2.63 bits per heavy atom. The van der Waals surface area contributed by atoms with Crippen LogP contribution in [0.1, 0.15) is 32.1 Å². The molecule has 202 valence electrons. The van der Waals surface area contributed by atoms with Crippen molar-refractivity contribution in [3.63, 3.8) is 0 Å². The number of aromatic nitrogens is 3. The number of carbonyl (C=O) groups excluding carboxylic acids is 1. The van der Waals surface area contributed by atoms with E-state index in [1.54, 1.807) is 19.3 Å². The van der Waals surface area contributed by atoms with Gasteiger partial charge >= 0.3 is 0 Å². The SMILES string of the molecule is CNC(=O)COc1cc2cc(Nc3nc(N4CCC(N5CCCCC5)CC4)ncc3Cl)ccc2n(C)c1=O. The monoisotopic (exact) mass is 539 g/mol. The highest BCUT2D eigenvalue weighted by Gasteiger charge is 2.27. The van der Waals surface area contributed by atoms with Gasteiger partial charge in [0.05, 0.1) is 11.7 Å². The van der Waals surface area contributed by atoms with E-state index in [-0.39, 0.29) is 23.8 Å². The molecule has 0 bridgehead atoms. The lowest BCUT2D eigenvalue weighted by molar-refractivity contribution is -0.122. The Morgan fingerprint density at radius 1 is 1.13 bits per heavy atom. The quantitative estimate of drug-likeness (QED) is 0.471. The maximum absolute atomic E-state index is 12.7. The van der Waals surface area contributed by atoms with Gasteiger partial charge in [0.1, 0.15) is 5.02 Å². The number of pyridine rings is 1. The first-order valence-corrected chi connectivity index (χ1v) is 13.6. The summed E-state index contributed by atoms with van der Waals surface area (Å²) in [5.41, 5.74) is 1.18. The Kier molecular flexibility index (Phi) is 7.99. The van der Waals surface area contributed by atoms with Crippen molar-refractivity contribution in [3.05, 3.63) is 45.8 Å². The molecule has 2 N–H and O–H groups in total. The third kappa shape index (κ3) is 5.71. The van der Waals surface area contributed by atoms with E-state index in [1.807, 2.05) is 18.2 Å². The number of hydrogen-bond acceptors (Lipinski definition) is 8. The van der Waals surface area contributed by atoms with Gasteiger partial charge < -0.3 is 29.7 Å². The molecule has 0 aliphatic carbocycles. The second-order valence-electron chi connectivity index (χ2n) is 9.91. The minimum atomic E-state index is -0.313. The highest BCUT2D eigenvalue weighted by molar-refractivity contribution is 6.32. The molecule has 0 saturated carbocycles. The Labute approximate surface area is 226 Å². The van der Waals surface area contributed by atoms with Crippen LogP contribution >= 0.6 is 11.6 Å². The molecule has 2 aliphatic heterocycles. The molecule has 4 heterocycles. The molecule has 3 aromatic rings. The zero-order valence-electron chi connectivity index (χ0n) is 21.9. The predicted octanol–water partition coefficient (Wildman–Crippen LogP) is 3.31. The van der Waals surface area contributed by atoms with Gasteiger partial charge in [-0.25, -0.2) is 4.98 Å². The molecule has 2 aromatic heterocycles. The van der Waals surface area contributed by atoms with E-state index < -0.39 is 0 Å². The second kappa shape index (κ2) is 11.6. The van der Waals surface area contributed by atoms with Gasteiger partial charge in [-0.1, -0.05) is 18.0 Å². The van der Waals surface area contributed by atoms with Crippen molar-refractivity contribution in [1.82, 2.24) is 24.8 Å². The van der Waals surface area contributed by atoms with E-state index in [0.717, 1.165) is 42.5 Å². The molecule has 10 nitrogen and oxygen atoms in total. The molecule has 1 amide bonds. The summed E-state index contributed by atoms with van der Waals surface area (Å²) in [4.78, 5) is 38.4. The number of hydrogen-bond donors (Lipinski definition) is 2. The van der Waals surface area contributed by atoms with E-state index >= 15 is 0 Å². The zero-order chi connectivity index (χ0) is 26.6. The third-order valence-electron chi connectivity index (χ3n) is 7.48. The van der Waals surface area contributed by atoms with Gasteiger partial charge in [-0.2, -0.15) is 4.98 Å². The van der Waals surface area contributed by atoms with Crippen LogP contribution in [-0.4, -0.2) is 71.2 Å². The molecule has 11 heteroatoms. The maximum Gasteiger partial charge on any atom is 0.293 e. The number of ether oxygens (including phenoxy) is 1. The van der Waals surface area contributed by atoms with Crippen molar-refractivity contribution in [2.45, 2.75) is 38.1 Å². The number of halogens is 1. The molecule has 5 rings (SSSR count). The number of fused-ring (bicyclic) bond motifs is 1. The number of amides is 1. The number of anilines is 3. The topological polar surface area (TPSA) is 105 Å². The van der Waals surface area contributed by atoms with Crippen molar-refractivity contribution in [3.8, 4) is 5.75 Å². The number of rotatable bonds is 7. The normalized spacial score (nSPS) is 17.0. The van der Waals surface area contributed by atoms with Crippen LogP contribution in [0.15, 0.2) is 35.3 Å². The van der Waals surface area contributed by atoms with Crippen LogP contribution in [0.2, 0.25) is 5.02 Å². The number of carbonyl (C=O) groups is 1. The van der Waals surface area contributed by atoms with Gasteiger partial charge in [0.2, 0.25) is 5.95 Å². The van der Waals surface area contributed by atoms with E-state index in [9.17, 15) is 9.59 Å². The predicted molar refractivity (Wildman–Crippen MR) is 150 cm³/mol. The van der Waals surface area contributed by atoms with Gasteiger partial charge in [-0.3, -0.25) is 9.59 Å². The summed E-state index contributed by atoms with van der Waals surface area (Å²) in [6.07, 6.45) is 7.84. The van der Waals surface area contributed by atoms with Crippen LogP contribution in [0.5, 0.6) is 5.75 Å². The number of nitrogens with zero attached hydrogens (tertiary/aromatic N) is 5. The number of likely N-dealkylation sites (tertiary alicyclic amines) is 1. The van der Waals surface area contributed by atoms with Crippen LogP contribution in [0, 0.1) is 0 Å². The molecule has 0 spiro atoms. The smallest absolute Gasteiger partial charge is 0.293 e. The number of likely N-dealkylation sites (N-methyl/N-ethyl adjacent to an activating group) is 1. The number of benzene rings is 1. The van der Waals surface area contributed by atoms with E-state index in [1.165, 1.54) is 44.0 Å². The number of piperidine rings is 2. The Morgan fingerprint density at radius 2 is 1.89 bits per heavy atom. The van der Waals surface area contributed by atoms with Crippen LogP contribution in [-0.2, 0) is 11.8 Å². The Bertz CT molecular complexity index is 1360. The largest absolute Gasteiger partial charge is 0.478 e. The summed E-state index contributed by atoms with van der Waals surface area (Å²) in [5.74, 6) is 0.987. The molecule has 0 unspecified atom stereocenters. The highest BCUT2D eigenvalue weighted by Crippen LogP contribution is 2.29. The molecule has 2 saturated heterocycles. The van der Waals surface area contributed by atoms with E-state index in [4.69, 9.17) is 21.3 Å². The first kappa shape index (κ1) is 26.2. The minimum absolute atomic E-state index is 0.107. The lowest BCUT2D eigenvalue weighted by atomic mass is 10.0. The van der Waals surface area contributed by atoms with Gasteiger partial charge in [0.15, 0.2) is 18.2 Å². The summed E-state index contributed by atoms with van der Waals surface area (Å²) in [5, 5.41) is 6.98. The van der Waals surface area contributed by atoms with Crippen LogP contribution in [0.25, 0.3) is 10.9 Å². The summed E-state index contributed by atoms with van der Waals surface area (Å²) < 4.78 is 6.97. The fourth-order valence-corrected chi connectivity index (χ4v) is 5.44. The van der Waals surface area contributed by atoms with Crippen molar-refractivity contribution in [1.29, 1.82) is 0 Å². The molecule has 1 aromatic carbocycles. The first-order chi connectivity index (χ1) is 18.4. The van der Waals surface area contributed by atoms with E-state index in [2.05, 4.69) is 25.4 Å². The van der Waals surface area contributed by atoms with Crippen LogP contribution in [0.3, 0.4) is 0 Å².